The predicted molar refractivity (Wildman–Crippen MR) is 104 cm³/mol. The zero-order valence-corrected chi connectivity index (χ0v) is 15.2. The van der Waals surface area contributed by atoms with E-state index >= 15 is 0 Å². The van der Waals surface area contributed by atoms with E-state index in [1.807, 2.05) is 0 Å². The van der Waals surface area contributed by atoms with Crippen molar-refractivity contribution in [3.8, 4) is 35.8 Å². The summed E-state index contributed by atoms with van der Waals surface area (Å²) in [6.07, 6.45) is 15.5. The molecular weight excluding hydrogens is 288 g/mol. The lowest BCUT2D eigenvalue weighted by molar-refractivity contribution is 1.03. The molecule has 0 heteroatoms. The number of rotatable bonds is 5. The van der Waals surface area contributed by atoms with Gasteiger partial charge >= 0.3 is 0 Å². The average molecular weight is 313 g/mol. The van der Waals surface area contributed by atoms with E-state index in [0.29, 0.717) is 0 Å². The summed E-state index contributed by atoms with van der Waals surface area (Å²) in [6.45, 7) is 8.64. The second-order valence-corrected chi connectivity index (χ2v) is 5.89. The first-order valence-electron chi connectivity index (χ1n) is 8.81. The Morgan fingerprint density at radius 2 is 1.67 bits per heavy atom. The third kappa shape index (κ3) is 3.11. The fraction of sp³-hybridized carbons (Fsp3) is 0.333. The van der Waals surface area contributed by atoms with Crippen molar-refractivity contribution < 1.29 is 0 Å². The Kier molecular flexibility index (Phi) is 5.89. The van der Waals surface area contributed by atoms with Gasteiger partial charge in [-0.25, -0.2) is 0 Å². The lowest BCUT2D eigenvalue weighted by atomic mass is 9.84. The van der Waals surface area contributed by atoms with Gasteiger partial charge in [-0.1, -0.05) is 45.6 Å². The minimum atomic E-state index is 0.876. The van der Waals surface area contributed by atoms with Gasteiger partial charge in [-0.2, -0.15) is 0 Å². The monoisotopic (exact) mass is 313 g/mol. The highest BCUT2D eigenvalue weighted by Gasteiger charge is 2.17. The SMILES string of the molecule is C#Cc1ccc(CC)c(CC)c1-c1cc(CC)[c]c(CC)c1C#C. The third-order valence-corrected chi connectivity index (χ3v) is 4.65. The minimum absolute atomic E-state index is 0.876. The normalized spacial score (nSPS) is 10.2. The minimum Gasteiger partial charge on any atom is -0.115 e. The van der Waals surface area contributed by atoms with E-state index in [1.165, 1.54) is 16.7 Å². The molecule has 0 heterocycles. The zero-order valence-electron chi connectivity index (χ0n) is 15.2. The van der Waals surface area contributed by atoms with Crippen LogP contribution in [0.25, 0.3) is 11.1 Å². The maximum absolute atomic E-state index is 5.89. The molecule has 0 saturated carbocycles. The molecule has 0 aliphatic rings. The molecule has 0 atom stereocenters. The highest BCUT2D eigenvalue weighted by Crippen LogP contribution is 2.35. The molecule has 0 unspecified atom stereocenters. The van der Waals surface area contributed by atoms with E-state index in [4.69, 9.17) is 12.8 Å². The number of benzene rings is 2. The fourth-order valence-corrected chi connectivity index (χ4v) is 3.37. The average Bonchev–Trinajstić information content (AvgIpc) is 2.65. The van der Waals surface area contributed by atoms with E-state index < -0.39 is 0 Å². The molecular formula is C24H25. The molecule has 0 fully saturated rings. The van der Waals surface area contributed by atoms with Crippen molar-refractivity contribution in [3.63, 3.8) is 0 Å². The van der Waals surface area contributed by atoms with Gasteiger partial charge < -0.3 is 0 Å². The van der Waals surface area contributed by atoms with E-state index in [9.17, 15) is 0 Å². The molecule has 0 bridgehead atoms. The van der Waals surface area contributed by atoms with Crippen molar-refractivity contribution in [3.05, 3.63) is 57.6 Å². The van der Waals surface area contributed by atoms with Crippen LogP contribution in [0.4, 0.5) is 0 Å². The van der Waals surface area contributed by atoms with Gasteiger partial charge in [0.1, 0.15) is 0 Å². The first kappa shape index (κ1) is 17.9. The van der Waals surface area contributed by atoms with E-state index in [0.717, 1.165) is 53.5 Å². The van der Waals surface area contributed by atoms with Gasteiger partial charge in [0.25, 0.3) is 0 Å². The predicted octanol–water partition coefficient (Wildman–Crippen LogP) is 5.37. The standard InChI is InChI=1S/C24H25/c1-7-17-15-20(10-4)21(11-5)23(16-17)24-19(9-3)14-13-18(8-2)22(24)12-6/h3,5,13-14,16H,7-8,10,12H2,1-2,4,6H3. The summed E-state index contributed by atoms with van der Waals surface area (Å²) >= 11 is 0. The van der Waals surface area contributed by atoms with Crippen LogP contribution in [0.15, 0.2) is 18.2 Å². The van der Waals surface area contributed by atoms with Gasteiger partial charge in [0, 0.05) is 16.7 Å². The number of aryl methyl sites for hydroxylation is 3. The largest absolute Gasteiger partial charge is 0.115 e. The Morgan fingerprint density at radius 1 is 0.917 bits per heavy atom. The van der Waals surface area contributed by atoms with Crippen molar-refractivity contribution in [1.29, 1.82) is 0 Å². The Labute approximate surface area is 147 Å². The summed E-state index contributed by atoms with van der Waals surface area (Å²) < 4.78 is 0. The molecule has 0 aliphatic carbocycles. The molecule has 1 radical (unpaired) electrons. The number of hydrogen-bond donors (Lipinski definition) is 0. The highest BCUT2D eigenvalue weighted by molar-refractivity contribution is 5.81. The Balaban J connectivity index is 2.95. The molecule has 0 N–H and O–H groups in total. The van der Waals surface area contributed by atoms with Crippen LogP contribution in [0.3, 0.4) is 0 Å². The molecule has 121 valence electrons. The summed E-state index contributed by atoms with van der Waals surface area (Å²) in [6, 6.07) is 9.88. The zero-order chi connectivity index (χ0) is 17.7. The Bertz CT molecular complexity index is 823. The van der Waals surface area contributed by atoms with Crippen molar-refractivity contribution in [2.75, 3.05) is 0 Å². The lowest BCUT2D eigenvalue weighted by Crippen LogP contribution is -2.03. The molecule has 0 spiro atoms. The summed E-state index contributed by atoms with van der Waals surface area (Å²) in [4.78, 5) is 0. The van der Waals surface area contributed by atoms with Crippen LogP contribution >= 0.6 is 0 Å². The summed E-state index contributed by atoms with van der Waals surface area (Å²) in [5, 5.41) is 0. The van der Waals surface area contributed by atoms with Gasteiger partial charge in [0.2, 0.25) is 0 Å². The van der Waals surface area contributed by atoms with Crippen molar-refractivity contribution in [2.24, 2.45) is 0 Å². The Morgan fingerprint density at radius 3 is 2.17 bits per heavy atom. The molecule has 2 aromatic rings. The molecule has 2 aromatic carbocycles. The maximum atomic E-state index is 5.89. The number of terminal acetylenes is 2. The van der Waals surface area contributed by atoms with Crippen LogP contribution in [0, 0.1) is 30.8 Å². The molecule has 0 nitrogen and oxygen atoms in total. The van der Waals surface area contributed by atoms with Gasteiger partial charge in [-0.15, -0.1) is 12.8 Å². The van der Waals surface area contributed by atoms with Crippen LogP contribution < -0.4 is 0 Å². The molecule has 24 heavy (non-hydrogen) atoms. The van der Waals surface area contributed by atoms with Crippen molar-refractivity contribution >= 4 is 0 Å². The van der Waals surface area contributed by atoms with Crippen LogP contribution in [0.5, 0.6) is 0 Å². The van der Waals surface area contributed by atoms with Crippen LogP contribution in [0.1, 0.15) is 61.1 Å². The van der Waals surface area contributed by atoms with Crippen LogP contribution in [-0.2, 0) is 25.7 Å². The number of hydrogen-bond acceptors (Lipinski definition) is 0. The smallest absolute Gasteiger partial charge is 0.0359 e. The van der Waals surface area contributed by atoms with E-state index in [1.54, 1.807) is 0 Å². The molecule has 0 aromatic heterocycles. The quantitative estimate of drug-likeness (QED) is 0.651. The molecule has 2 rings (SSSR count). The fourth-order valence-electron chi connectivity index (χ4n) is 3.37. The van der Waals surface area contributed by atoms with Gasteiger partial charge in [0.05, 0.1) is 0 Å². The second kappa shape index (κ2) is 7.90. The summed E-state index contributed by atoms with van der Waals surface area (Å²) in [5.74, 6) is 5.77. The van der Waals surface area contributed by atoms with Crippen molar-refractivity contribution in [1.82, 2.24) is 0 Å². The molecule has 0 amide bonds. The van der Waals surface area contributed by atoms with E-state index in [2.05, 4.69) is 63.8 Å². The van der Waals surface area contributed by atoms with Gasteiger partial charge in [-0.05, 0) is 71.7 Å². The maximum Gasteiger partial charge on any atom is 0.0359 e. The first-order chi connectivity index (χ1) is 11.6. The van der Waals surface area contributed by atoms with Crippen LogP contribution in [0.2, 0.25) is 0 Å². The summed E-state index contributed by atoms with van der Waals surface area (Å²) in [5.41, 5.74) is 9.07. The van der Waals surface area contributed by atoms with Crippen molar-refractivity contribution in [2.45, 2.75) is 53.4 Å². The summed E-state index contributed by atoms with van der Waals surface area (Å²) in [7, 11) is 0. The third-order valence-electron chi connectivity index (χ3n) is 4.65. The van der Waals surface area contributed by atoms with Gasteiger partial charge in [0.15, 0.2) is 0 Å². The van der Waals surface area contributed by atoms with Gasteiger partial charge in [-0.3, -0.25) is 0 Å². The second-order valence-electron chi connectivity index (χ2n) is 5.89. The first-order valence-corrected chi connectivity index (χ1v) is 8.81. The Hall–Kier alpha value is -2.44. The highest BCUT2D eigenvalue weighted by atomic mass is 14.2. The van der Waals surface area contributed by atoms with E-state index in [-0.39, 0.29) is 0 Å². The molecule has 0 aliphatic heterocycles. The lowest BCUT2D eigenvalue weighted by Gasteiger charge is -2.19. The topological polar surface area (TPSA) is 0 Å². The molecule has 0 saturated heterocycles. The van der Waals surface area contributed by atoms with Crippen LogP contribution in [-0.4, -0.2) is 0 Å².